The molecule has 2 aromatic carbocycles. The quantitative estimate of drug-likeness (QED) is 0.858. The summed E-state index contributed by atoms with van der Waals surface area (Å²) in [5.74, 6) is 0. The van der Waals surface area contributed by atoms with Crippen molar-refractivity contribution < 1.29 is 21.6 Å². The molecule has 0 fully saturated rings. The molecule has 1 unspecified atom stereocenters. The Balaban J connectivity index is 2.09. The molecule has 5 nitrogen and oxygen atoms in total. The van der Waals surface area contributed by atoms with Gasteiger partial charge in [-0.05, 0) is 43.7 Å². The number of alkyl halides is 3. The van der Waals surface area contributed by atoms with Crippen LogP contribution in [0.25, 0.3) is 0 Å². The summed E-state index contributed by atoms with van der Waals surface area (Å²) in [6.45, 7) is 3.57. The third-order valence-corrected chi connectivity index (χ3v) is 5.54. The normalized spacial score (nSPS) is 20.7. The van der Waals surface area contributed by atoms with Gasteiger partial charge in [0.05, 0.1) is 16.1 Å². The molecule has 0 aliphatic carbocycles. The summed E-state index contributed by atoms with van der Waals surface area (Å²) in [5, 5.41) is 10.2. The van der Waals surface area contributed by atoms with E-state index in [1.54, 1.807) is 19.1 Å². The number of aryl methyl sites for hydroxylation is 1. The number of halogens is 3. The van der Waals surface area contributed by atoms with Crippen LogP contribution in [-0.2, 0) is 15.6 Å². The van der Waals surface area contributed by atoms with Crippen molar-refractivity contribution in [3.63, 3.8) is 0 Å². The summed E-state index contributed by atoms with van der Waals surface area (Å²) >= 11 is 0. The molecule has 2 aromatic rings. The Morgan fingerprint density at radius 1 is 1.07 bits per heavy atom. The van der Waals surface area contributed by atoms with Crippen molar-refractivity contribution >= 4 is 21.4 Å². The molecule has 3 rings (SSSR count). The van der Waals surface area contributed by atoms with Gasteiger partial charge in [0.1, 0.15) is 5.71 Å². The monoisotopic (exact) mass is 397 g/mol. The molecular weight excluding hydrogens is 379 g/mol. The molecule has 0 amide bonds. The fourth-order valence-corrected chi connectivity index (χ4v) is 3.60. The number of benzene rings is 2. The number of nitrogens with two attached hydrogens (primary N) is 1. The van der Waals surface area contributed by atoms with Crippen molar-refractivity contribution in [3.05, 3.63) is 59.7 Å². The molecule has 1 aliphatic heterocycles. The zero-order valence-electron chi connectivity index (χ0n) is 14.7. The second kappa shape index (κ2) is 6.35. The van der Waals surface area contributed by atoms with E-state index < -0.39 is 27.5 Å². The Hall–Kier alpha value is -2.39. The standard InChI is InChI=1S/C18H18F3N3O2S/c1-12-3-5-13(6-4-12)17(2)11-16(18(19,20)21)23-24(17)14-7-9-15(10-8-14)27(22,25)26/h3-10H,11H2,1-2H3,(H2,22,25,26). The van der Waals surface area contributed by atoms with Gasteiger partial charge in [0.15, 0.2) is 0 Å². The van der Waals surface area contributed by atoms with Crippen molar-refractivity contribution in [2.75, 3.05) is 5.01 Å². The third-order valence-electron chi connectivity index (χ3n) is 4.61. The molecule has 0 spiro atoms. The van der Waals surface area contributed by atoms with Crippen molar-refractivity contribution in [2.45, 2.75) is 36.9 Å². The van der Waals surface area contributed by atoms with E-state index in [1.807, 2.05) is 19.1 Å². The van der Waals surface area contributed by atoms with Crippen LogP contribution in [0.3, 0.4) is 0 Å². The van der Waals surface area contributed by atoms with Gasteiger partial charge in [0.25, 0.3) is 0 Å². The molecular formula is C18H18F3N3O2S. The lowest BCUT2D eigenvalue weighted by atomic mass is 9.86. The van der Waals surface area contributed by atoms with Crippen LogP contribution in [0.4, 0.5) is 18.9 Å². The van der Waals surface area contributed by atoms with Crippen LogP contribution in [0.15, 0.2) is 58.5 Å². The minimum atomic E-state index is -4.55. The fourth-order valence-electron chi connectivity index (χ4n) is 3.08. The van der Waals surface area contributed by atoms with Gasteiger partial charge in [-0.1, -0.05) is 29.8 Å². The fraction of sp³-hybridized carbons (Fsp3) is 0.278. The lowest BCUT2D eigenvalue weighted by Gasteiger charge is -2.35. The van der Waals surface area contributed by atoms with Crippen LogP contribution in [0.1, 0.15) is 24.5 Å². The molecule has 27 heavy (non-hydrogen) atoms. The second-order valence-electron chi connectivity index (χ2n) is 6.71. The summed E-state index contributed by atoms with van der Waals surface area (Å²) in [7, 11) is -3.90. The molecule has 0 aromatic heterocycles. The summed E-state index contributed by atoms with van der Waals surface area (Å²) in [5.41, 5.74) is 0.0422. The molecule has 0 radical (unpaired) electrons. The van der Waals surface area contributed by atoms with Crippen molar-refractivity contribution in [1.82, 2.24) is 0 Å². The van der Waals surface area contributed by atoms with Gasteiger partial charge in [-0.25, -0.2) is 13.6 Å². The average Bonchev–Trinajstić information content (AvgIpc) is 2.94. The van der Waals surface area contributed by atoms with Crippen molar-refractivity contribution in [1.29, 1.82) is 0 Å². The summed E-state index contributed by atoms with van der Waals surface area (Å²) < 4.78 is 62.9. The Labute approximate surface area is 155 Å². The maximum atomic E-state index is 13.3. The van der Waals surface area contributed by atoms with E-state index in [0.717, 1.165) is 5.56 Å². The molecule has 2 N–H and O–H groups in total. The first-order chi connectivity index (χ1) is 12.4. The topological polar surface area (TPSA) is 75.8 Å². The van der Waals surface area contributed by atoms with Gasteiger partial charge < -0.3 is 0 Å². The molecule has 0 saturated heterocycles. The zero-order valence-corrected chi connectivity index (χ0v) is 15.5. The Morgan fingerprint density at radius 2 is 1.63 bits per heavy atom. The summed E-state index contributed by atoms with van der Waals surface area (Å²) in [4.78, 5) is -0.123. The maximum absolute atomic E-state index is 13.3. The maximum Gasteiger partial charge on any atom is 0.431 e. The van der Waals surface area contributed by atoms with Gasteiger partial charge >= 0.3 is 6.18 Å². The first kappa shape index (κ1) is 19.4. The number of hydrogen-bond donors (Lipinski definition) is 1. The summed E-state index contributed by atoms with van der Waals surface area (Å²) in [6, 6.07) is 12.5. The van der Waals surface area contributed by atoms with E-state index >= 15 is 0 Å². The number of sulfonamides is 1. The molecule has 9 heteroatoms. The number of primary sulfonamides is 1. The van der Waals surface area contributed by atoms with Crippen LogP contribution in [0.2, 0.25) is 0 Å². The number of nitrogens with zero attached hydrogens (tertiary/aromatic N) is 2. The van der Waals surface area contributed by atoms with Crippen molar-refractivity contribution in [2.24, 2.45) is 10.2 Å². The van der Waals surface area contributed by atoms with Gasteiger partial charge in [-0.3, -0.25) is 5.01 Å². The van der Waals surface area contributed by atoms with Gasteiger partial charge in [-0.2, -0.15) is 18.3 Å². The van der Waals surface area contributed by atoms with Gasteiger partial charge in [0.2, 0.25) is 10.0 Å². The Kier molecular flexibility index (Phi) is 4.55. The molecule has 144 valence electrons. The molecule has 1 atom stereocenters. The van der Waals surface area contributed by atoms with E-state index in [-0.39, 0.29) is 11.3 Å². The smallest absolute Gasteiger partial charge is 0.255 e. The Morgan fingerprint density at radius 3 is 2.11 bits per heavy atom. The Bertz CT molecular complexity index is 984. The number of anilines is 1. The first-order valence-corrected chi connectivity index (χ1v) is 9.61. The molecule has 0 saturated carbocycles. The minimum absolute atomic E-state index is 0.123. The first-order valence-electron chi connectivity index (χ1n) is 8.06. The van der Waals surface area contributed by atoms with E-state index in [2.05, 4.69) is 5.10 Å². The lowest BCUT2D eigenvalue weighted by molar-refractivity contribution is -0.0603. The highest BCUT2D eigenvalue weighted by Gasteiger charge is 2.49. The SMILES string of the molecule is Cc1ccc(C2(C)CC(C(F)(F)F)=NN2c2ccc(S(N)(=O)=O)cc2)cc1. The predicted octanol–water partition coefficient (Wildman–Crippen LogP) is 3.69. The number of hydrogen-bond acceptors (Lipinski definition) is 4. The third kappa shape index (κ3) is 3.70. The number of rotatable bonds is 3. The van der Waals surface area contributed by atoms with Gasteiger partial charge in [0, 0.05) is 6.42 Å². The highest BCUT2D eigenvalue weighted by Crippen LogP contribution is 2.43. The number of hydrazone groups is 1. The predicted molar refractivity (Wildman–Crippen MR) is 96.9 cm³/mol. The zero-order chi connectivity index (χ0) is 20.0. The van der Waals surface area contributed by atoms with Gasteiger partial charge in [-0.15, -0.1) is 0 Å². The highest BCUT2D eigenvalue weighted by molar-refractivity contribution is 7.89. The average molecular weight is 397 g/mol. The van der Waals surface area contributed by atoms with Crippen LogP contribution in [-0.4, -0.2) is 20.3 Å². The van der Waals surface area contributed by atoms with Crippen LogP contribution in [0.5, 0.6) is 0 Å². The summed E-state index contributed by atoms with van der Waals surface area (Å²) in [6.07, 6.45) is -4.88. The van der Waals surface area contributed by atoms with Crippen LogP contribution in [0, 0.1) is 6.92 Å². The largest absolute Gasteiger partial charge is 0.431 e. The second-order valence-corrected chi connectivity index (χ2v) is 8.27. The minimum Gasteiger partial charge on any atom is -0.255 e. The van der Waals surface area contributed by atoms with E-state index in [4.69, 9.17) is 5.14 Å². The van der Waals surface area contributed by atoms with E-state index in [1.165, 1.54) is 29.3 Å². The highest BCUT2D eigenvalue weighted by atomic mass is 32.2. The van der Waals surface area contributed by atoms with Crippen LogP contribution >= 0.6 is 0 Å². The molecule has 1 aliphatic rings. The molecule has 0 bridgehead atoms. The molecule has 1 heterocycles. The lowest BCUT2D eigenvalue weighted by Crippen LogP contribution is -2.37. The van der Waals surface area contributed by atoms with E-state index in [9.17, 15) is 21.6 Å². The van der Waals surface area contributed by atoms with E-state index in [0.29, 0.717) is 11.3 Å². The van der Waals surface area contributed by atoms with Crippen molar-refractivity contribution in [3.8, 4) is 0 Å². The van der Waals surface area contributed by atoms with Crippen LogP contribution < -0.4 is 10.1 Å².